The summed E-state index contributed by atoms with van der Waals surface area (Å²) in [6, 6.07) is 4.02. The number of aromatic nitrogens is 4. The lowest BCUT2D eigenvalue weighted by Crippen LogP contribution is -2.23. The van der Waals surface area contributed by atoms with E-state index in [1.807, 2.05) is 22.7 Å². The van der Waals surface area contributed by atoms with Gasteiger partial charge in [0.1, 0.15) is 11.4 Å². The number of aliphatic hydroxyl groups is 1. The van der Waals surface area contributed by atoms with Crippen molar-refractivity contribution in [1.29, 1.82) is 0 Å². The highest BCUT2D eigenvalue weighted by atomic mass is 16.5. The second-order valence-electron chi connectivity index (χ2n) is 7.29. The molecule has 1 saturated heterocycles. The molecule has 0 amide bonds. The average Bonchev–Trinajstić information content (AvgIpc) is 3.29. The van der Waals surface area contributed by atoms with Crippen molar-refractivity contribution in [2.45, 2.75) is 31.9 Å². The number of methoxy groups -OCH3 is 1. The Hall–Kier alpha value is -2.71. The first-order valence-corrected chi connectivity index (χ1v) is 9.04. The number of ether oxygens (including phenoxy) is 1. The van der Waals surface area contributed by atoms with Gasteiger partial charge in [-0.1, -0.05) is 0 Å². The van der Waals surface area contributed by atoms with Gasteiger partial charge >= 0.3 is 0 Å². The summed E-state index contributed by atoms with van der Waals surface area (Å²) in [6.45, 7) is 5.38. The number of anilines is 1. The molecule has 3 aromatic heterocycles. The van der Waals surface area contributed by atoms with Gasteiger partial charge in [0.25, 0.3) is 0 Å². The quantitative estimate of drug-likeness (QED) is 0.632. The lowest BCUT2D eigenvalue weighted by molar-refractivity contribution is 0.0752. The molecule has 1 unspecified atom stereocenters. The van der Waals surface area contributed by atoms with Crippen LogP contribution in [-0.2, 0) is 5.60 Å². The summed E-state index contributed by atoms with van der Waals surface area (Å²) in [7, 11) is 1.59. The summed E-state index contributed by atoms with van der Waals surface area (Å²) in [5.41, 5.74) is 1.95. The maximum Gasteiger partial charge on any atom is 0.223 e. The van der Waals surface area contributed by atoms with Crippen molar-refractivity contribution in [3.8, 4) is 17.1 Å². The first kappa shape index (κ1) is 17.7. The zero-order valence-corrected chi connectivity index (χ0v) is 15.7. The molecule has 0 saturated carbocycles. The Morgan fingerprint density at radius 2 is 2.22 bits per heavy atom. The summed E-state index contributed by atoms with van der Waals surface area (Å²) in [4.78, 5) is 13.5. The van der Waals surface area contributed by atoms with Crippen LogP contribution < -0.4 is 15.4 Å². The Bertz CT molecular complexity index is 956. The lowest BCUT2D eigenvalue weighted by atomic mass is 9.99. The van der Waals surface area contributed by atoms with Crippen molar-refractivity contribution in [2.24, 2.45) is 0 Å². The summed E-state index contributed by atoms with van der Waals surface area (Å²) in [6.07, 6.45) is 6.42. The smallest absolute Gasteiger partial charge is 0.223 e. The molecule has 3 aromatic rings. The molecule has 0 spiro atoms. The van der Waals surface area contributed by atoms with E-state index in [1.54, 1.807) is 33.4 Å². The number of hydrogen-bond acceptors (Lipinski definition) is 7. The van der Waals surface area contributed by atoms with Gasteiger partial charge in [-0.15, -0.1) is 0 Å². The fourth-order valence-electron chi connectivity index (χ4n) is 3.35. The molecule has 0 bridgehead atoms. The summed E-state index contributed by atoms with van der Waals surface area (Å²) in [5, 5.41) is 17.2. The van der Waals surface area contributed by atoms with Crippen LogP contribution in [0, 0.1) is 0 Å². The van der Waals surface area contributed by atoms with Crippen LogP contribution in [0.3, 0.4) is 0 Å². The van der Waals surface area contributed by atoms with Crippen molar-refractivity contribution < 1.29 is 9.84 Å². The van der Waals surface area contributed by atoms with Gasteiger partial charge < -0.3 is 20.5 Å². The summed E-state index contributed by atoms with van der Waals surface area (Å²) >= 11 is 0. The number of hydrogen-bond donors (Lipinski definition) is 3. The normalized spacial score (nSPS) is 17.4. The molecule has 0 radical (unpaired) electrons. The Kier molecular flexibility index (Phi) is 4.45. The molecule has 1 aliphatic rings. The molecule has 4 rings (SSSR count). The first-order chi connectivity index (χ1) is 13.0. The van der Waals surface area contributed by atoms with E-state index in [0.717, 1.165) is 36.5 Å². The highest BCUT2D eigenvalue weighted by Gasteiger charge is 2.23. The van der Waals surface area contributed by atoms with Gasteiger partial charge in [-0.05, 0) is 32.9 Å². The van der Waals surface area contributed by atoms with Crippen LogP contribution in [0.25, 0.3) is 17.0 Å². The van der Waals surface area contributed by atoms with Crippen LogP contribution in [0.1, 0.15) is 25.8 Å². The lowest BCUT2D eigenvalue weighted by Gasteiger charge is -2.21. The van der Waals surface area contributed by atoms with Crippen molar-refractivity contribution >= 4 is 11.6 Å². The van der Waals surface area contributed by atoms with E-state index in [0.29, 0.717) is 23.3 Å². The third kappa shape index (κ3) is 3.45. The highest BCUT2D eigenvalue weighted by Crippen LogP contribution is 2.32. The molecule has 4 heterocycles. The van der Waals surface area contributed by atoms with Crippen molar-refractivity contribution in [1.82, 2.24) is 24.7 Å². The maximum atomic E-state index is 10.5. The van der Waals surface area contributed by atoms with E-state index >= 15 is 0 Å². The van der Waals surface area contributed by atoms with Gasteiger partial charge in [0, 0.05) is 36.6 Å². The number of nitrogens with zero attached hydrogens (tertiary/aromatic N) is 4. The van der Waals surface area contributed by atoms with Crippen molar-refractivity contribution in [2.75, 3.05) is 25.5 Å². The molecule has 3 N–H and O–H groups in total. The molecule has 0 aromatic carbocycles. The molecular formula is C19H24N6O2. The third-order valence-corrected chi connectivity index (χ3v) is 4.80. The SMILES string of the molecule is COc1cc2ncc(-c3ccnc(NC4CCNC4)n3)n2cc1C(C)(C)O. The fourth-order valence-corrected chi connectivity index (χ4v) is 3.35. The number of nitrogens with one attached hydrogen (secondary N) is 2. The van der Waals surface area contributed by atoms with Crippen LogP contribution >= 0.6 is 0 Å². The van der Waals surface area contributed by atoms with Crippen LogP contribution in [0.4, 0.5) is 5.95 Å². The van der Waals surface area contributed by atoms with E-state index in [1.165, 1.54) is 0 Å². The minimum atomic E-state index is -1.05. The van der Waals surface area contributed by atoms with Crippen LogP contribution in [0.15, 0.2) is 30.7 Å². The third-order valence-electron chi connectivity index (χ3n) is 4.80. The predicted molar refractivity (Wildman–Crippen MR) is 103 cm³/mol. The van der Waals surface area contributed by atoms with Crippen molar-refractivity contribution in [3.05, 3.63) is 36.3 Å². The number of fused-ring (bicyclic) bond motifs is 1. The number of rotatable bonds is 5. The molecule has 142 valence electrons. The zero-order valence-electron chi connectivity index (χ0n) is 15.7. The molecule has 1 fully saturated rings. The zero-order chi connectivity index (χ0) is 19.0. The highest BCUT2D eigenvalue weighted by molar-refractivity contribution is 5.63. The maximum absolute atomic E-state index is 10.5. The van der Waals surface area contributed by atoms with Gasteiger partial charge in [0.15, 0.2) is 0 Å². The van der Waals surface area contributed by atoms with E-state index in [-0.39, 0.29) is 0 Å². The predicted octanol–water partition coefficient (Wildman–Crippen LogP) is 1.80. The molecule has 1 aliphatic heterocycles. The van der Waals surface area contributed by atoms with Crippen LogP contribution in [0.5, 0.6) is 5.75 Å². The Morgan fingerprint density at radius 1 is 1.37 bits per heavy atom. The largest absolute Gasteiger partial charge is 0.496 e. The van der Waals surface area contributed by atoms with Gasteiger partial charge in [-0.3, -0.25) is 4.40 Å². The number of imidazole rings is 1. The molecule has 0 aliphatic carbocycles. The van der Waals surface area contributed by atoms with E-state index in [9.17, 15) is 5.11 Å². The fraction of sp³-hybridized carbons (Fsp3) is 0.421. The van der Waals surface area contributed by atoms with E-state index in [4.69, 9.17) is 4.74 Å². The van der Waals surface area contributed by atoms with Crippen LogP contribution in [-0.4, -0.2) is 50.7 Å². The van der Waals surface area contributed by atoms with E-state index in [2.05, 4.69) is 25.6 Å². The first-order valence-electron chi connectivity index (χ1n) is 9.04. The van der Waals surface area contributed by atoms with Gasteiger partial charge in [0.05, 0.1) is 30.3 Å². The standard InChI is InChI=1S/C19H24N6O2/c1-19(2,26)13-11-25-15(10-22-17(25)8-16(13)27-3)14-5-7-21-18(24-14)23-12-4-6-20-9-12/h5,7-8,10-12,20,26H,4,6,9H2,1-3H3,(H,21,23,24). The average molecular weight is 368 g/mol. The Balaban J connectivity index is 1.75. The van der Waals surface area contributed by atoms with Crippen LogP contribution in [0.2, 0.25) is 0 Å². The van der Waals surface area contributed by atoms with E-state index < -0.39 is 5.60 Å². The second kappa shape index (κ2) is 6.79. The van der Waals surface area contributed by atoms with Gasteiger partial charge in [0.2, 0.25) is 5.95 Å². The number of pyridine rings is 1. The minimum Gasteiger partial charge on any atom is -0.496 e. The van der Waals surface area contributed by atoms with Gasteiger partial charge in [-0.2, -0.15) is 0 Å². The molecule has 8 nitrogen and oxygen atoms in total. The van der Waals surface area contributed by atoms with Gasteiger partial charge in [-0.25, -0.2) is 15.0 Å². The molecule has 27 heavy (non-hydrogen) atoms. The summed E-state index contributed by atoms with van der Waals surface area (Å²) < 4.78 is 7.35. The Morgan fingerprint density at radius 3 is 2.93 bits per heavy atom. The second-order valence-corrected chi connectivity index (χ2v) is 7.29. The Labute approximate surface area is 157 Å². The molecule has 8 heteroatoms. The molecular weight excluding hydrogens is 344 g/mol. The van der Waals surface area contributed by atoms with Crippen molar-refractivity contribution in [3.63, 3.8) is 0 Å². The topological polar surface area (TPSA) is 96.6 Å². The summed E-state index contributed by atoms with van der Waals surface area (Å²) in [5.74, 6) is 1.21. The monoisotopic (exact) mass is 368 g/mol. The molecule has 1 atom stereocenters. The minimum absolute atomic E-state index is 0.341.